The molecule has 2 aliphatic heterocycles. The fourth-order valence-corrected chi connectivity index (χ4v) is 9.52. The van der Waals surface area contributed by atoms with E-state index in [0.717, 1.165) is 49.2 Å². The summed E-state index contributed by atoms with van der Waals surface area (Å²) in [5, 5.41) is 4.15. The number of ether oxygens (including phenoxy) is 1. The summed E-state index contributed by atoms with van der Waals surface area (Å²) in [5.74, 6) is 0.543. The third kappa shape index (κ3) is 7.61. The highest BCUT2D eigenvalue weighted by Gasteiger charge is 2.41. The molecule has 2 aromatic carbocycles. The molecule has 5 aromatic rings. The first-order chi connectivity index (χ1) is 24.7. The van der Waals surface area contributed by atoms with E-state index >= 15 is 0 Å². The van der Waals surface area contributed by atoms with Crippen LogP contribution in [0.15, 0.2) is 84.5 Å². The molecule has 11 nitrogen and oxygen atoms in total. The molecule has 1 atom stereocenters. The van der Waals surface area contributed by atoms with Gasteiger partial charge in [-0.25, -0.2) is 18.4 Å². The van der Waals surface area contributed by atoms with E-state index < -0.39 is 16.1 Å². The highest BCUT2D eigenvalue weighted by molar-refractivity contribution is 7.89. The number of para-hydroxylation sites is 1. The van der Waals surface area contributed by atoms with Gasteiger partial charge in [0, 0.05) is 66.1 Å². The zero-order valence-electron chi connectivity index (χ0n) is 28.2. The second-order valence-corrected chi connectivity index (χ2v) is 15.8. The van der Waals surface area contributed by atoms with E-state index in [2.05, 4.69) is 26.3 Å². The lowest BCUT2D eigenvalue weighted by molar-refractivity contribution is -0.124. The third-order valence-electron chi connectivity index (χ3n) is 9.71. The number of pyridine rings is 2. The molecule has 0 unspecified atom stereocenters. The molecule has 5 heterocycles. The van der Waals surface area contributed by atoms with E-state index in [9.17, 15) is 13.2 Å². The predicted octanol–water partition coefficient (Wildman–Crippen LogP) is 6.19. The van der Waals surface area contributed by atoms with Crippen LogP contribution in [-0.2, 0) is 28.0 Å². The maximum absolute atomic E-state index is 14.1. The van der Waals surface area contributed by atoms with Crippen molar-refractivity contribution in [2.24, 2.45) is 5.92 Å². The smallest absolute Gasteiger partial charge is 0.245 e. The highest BCUT2D eigenvalue weighted by Crippen LogP contribution is 2.37. The van der Waals surface area contributed by atoms with Crippen molar-refractivity contribution >= 4 is 50.0 Å². The van der Waals surface area contributed by atoms with E-state index in [1.807, 2.05) is 48.1 Å². The lowest BCUT2D eigenvalue weighted by atomic mass is 9.96. The molecule has 0 saturated carbocycles. The summed E-state index contributed by atoms with van der Waals surface area (Å²) in [6.45, 7) is 5.27. The third-order valence-corrected chi connectivity index (χ3v) is 12.6. The number of amides is 1. The Bertz CT molecular complexity index is 2130. The van der Waals surface area contributed by atoms with Crippen molar-refractivity contribution in [1.82, 2.24) is 34.0 Å². The summed E-state index contributed by atoms with van der Waals surface area (Å²) in [6, 6.07) is 13.7. The number of sulfonamides is 1. The number of carbonyl (C=O) groups is 1. The van der Waals surface area contributed by atoms with Gasteiger partial charge in [0.25, 0.3) is 0 Å². The molecule has 2 aliphatic rings. The molecule has 0 aliphatic carbocycles. The number of rotatable bonds is 11. The van der Waals surface area contributed by atoms with Gasteiger partial charge >= 0.3 is 0 Å². The normalized spacial score (nSPS) is 17.6. The summed E-state index contributed by atoms with van der Waals surface area (Å²) < 4.78 is 37.6. The number of benzene rings is 2. The van der Waals surface area contributed by atoms with Crippen molar-refractivity contribution in [3.63, 3.8) is 0 Å². The molecule has 14 heteroatoms. The quantitative estimate of drug-likeness (QED) is 0.170. The summed E-state index contributed by atoms with van der Waals surface area (Å²) in [4.78, 5) is 28.9. The molecule has 1 N–H and O–H groups in total. The fraction of sp³-hybridized carbons (Fsp3) is 0.351. The Hall–Kier alpha value is -4.07. The van der Waals surface area contributed by atoms with Crippen LogP contribution in [0.1, 0.15) is 42.5 Å². The van der Waals surface area contributed by atoms with Crippen LogP contribution < -0.4 is 10.1 Å². The number of hydrogen-bond acceptors (Lipinski definition) is 8. The molecule has 266 valence electrons. The van der Waals surface area contributed by atoms with Gasteiger partial charge in [-0.3, -0.25) is 14.7 Å². The topological polar surface area (TPSA) is 123 Å². The van der Waals surface area contributed by atoms with Gasteiger partial charge < -0.3 is 14.6 Å². The number of likely N-dealkylation sites (tertiary alicyclic amines) is 1. The van der Waals surface area contributed by atoms with Gasteiger partial charge in [-0.05, 0) is 87.5 Å². The Labute approximate surface area is 307 Å². The van der Waals surface area contributed by atoms with E-state index in [1.54, 1.807) is 24.8 Å². The Balaban J connectivity index is 1.02. The average molecular weight is 749 g/mol. The largest absolute Gasteiger partial charge is 0.487 e. The number of fused-ring (bicyclic) bond motifs is 1. The summed E-state index contributed by atoms with van der Waals surface area (Å²) in [7, 11) is -4.14. The van der Waals surface area contributed by atoms with Crippen LogP contribution in [0.3, 0.4) is 0 Å². The van der Waals surface area contributed by atoms with E-state index in [-0.39, 0.29) is 34.0 Å². The zero-order chi connectivity index (χ0) is 35.5. The molecular weight excluding hydrogens is 709 g/mol. The maximum Gasteiger partial charge on any atom is 0.245 e. The molecule has 2 saturated heterocycles. The Morgan fingerprint density at radius 1 is 1.02 bits per heavy atom. The second kappa shape index (κ2) is 15.3. The first kappa shape index (κ1) is 35.3. The Morgan fingerprint density at radius 2 is 1.86 bits per heavy atom. The lowest BCUT2D eigenvalue weighted by Crippen LogP contribution is -2.47. The first-order valence-corrected chi connectivity index (χ1v) is 19.3. The average Bonchev–Trinajstić information content (AvgIpc) is 3.85. The monoisotopic (exact) mass is 747 g/mol. The fourth-order valence-electron chi connectivity index (χ4n) is 7.00. The maximum atomic E-state index is 14.1. The van der Waals surface area contributed by atoms with Crippen molar-refractivity contribution in [1.29, 1.82) is 0 Å². The van der Waals surface area contributed by atoms with Gasteiger partial charge in [0.2, 0.25) is 15.9 Å². The number of aromatic nitrogens is 4. The summed E-state index contributed by atoms with van der Waals surface area (Å²) >= 11 is 13.4. The minimum atomic E-state index is -4.14. The van der Waals surface area contributed by atoms with Crippen molar-refractivity contribution < 1.29 is 17.9 Å². The number of hydrogen-bond donors (Lipinski definition) is 1. The van der Waals surface area contributed by atoms with Crippen LogP contribution in [0.4, 0.5) is 0 Å². The Kier molecular flexibility index (Phi) is 10.6. The van der Waals surface area contributed by atoms with Crippen molar-refractivity contribution in [3.05, 3.63) is 107 Å². The molecule has 0 spiro atoms. The highest BCUT2D eigenvalue weighted by atomic mass is 35.5. The van der Waals surface area contributed by atoms with Crippen molar-refractivity contribution in [2.75, 3.05) is 26.2 Å². The SMILES string of the molecule is Cc1cc(-n2ccnc2)c2cccc(OCc3c(Cl)ccc(S(=O)(=O)N4CCC[C@H]4C(=O)NCC4CCN(Cc5cccnc5)CC4)c3Cl)c2n1. The zero-order valence-corrected chi connectivity index (χ0v) is 30.5. The summed E-state index contributed by atoms with van der Waals surface area (Å²) in [6.07, 6.45) is 11.9. The van der Waals surface area contributed by atoms with Crippen LogP contribution in [0.2, 0.25) is 10.0 Å². The predicted molar refractivity (Wildman–Crippen MR) is 197 cm³/mol. The second-order valence-electron chi connectivity index (χ2n) is 13.1. The van der Waals surface area contributed by atoms with Crippen LogP contribution in [0, 0.1) is 12.8 Å². The van der Waals surface area contributed by atoms with Gasteiger partial charge in [0.15, 0.2) is 0 Å². The lowest BCUT2D eigenvalue weighted by Gasteiger charge is -2.32. The number of nitrogens with zero attached hydrogens (tertiary/aromatic N) is 6. The molecule has 3 aromatic heterocycles. The van der Waals surface area contributed by atoms with Crippen LogP contribution >= 0.6 is 23.2 Å². The van der Waals surface area contributed by atoms with Gasteiger partial charge in [-0.1, -0.05) is 41.4 Å². The molecule has 51 heavy (non-hydrogen) atoms. The number of halogens is 2. The van der Waals surface area contributed by atoms with Gasteiger partial charge in [-0.15, -0.1) is 0 Å². The molecule has 1 amide bonds. The molecule has 0 radical (unpaired) electrons. The first-order valence-electron chi connectivity index (χ1n) is 17.1. The Morgan fingerprint density at radius 3 is 2.63 bits per heavy atom. The summed E-state index contributed by atoms with van der Waals surface area (Å²) in [5.41, 5.74) is 3.84. The van der Waals surface area contributed by atoms with Crippen molar-refractivity contribution in [2.45, 2.75) is 56.7 Å². The molecule has 0 bridgehead atoms. The van der Waals surface area contributed by atoms with E-state index in [4.69, 9.17) is 32.9 Å². The van der Waals surface area contributed by atoms with Gasteiger partial charge in [0.1, 0.15) is 28.8 Å². The van der Waals surface area contributed by atoms with Crippen LogP contribution in [-0.4, -0.2) is 75.3 Å². The minimum absolute atomic E-state index is 0.0323. The number of imidazole rings is 1. The minimum Gasteiger partial charge on any atom is -0.487 e. The van der Waals surface area contributed by atoms with Gasteiger partial charge in [-0.2, -0.15) is 4.31 Å². The van der Waals surface area contributed by atoms with Crippen LogP contribution in [0.25, 0.3) is 16.6 Å². The van der Waals surface area contributed by atoms with E-state index in [0.29, 0.717) is 42.1 Å². The standard InChI is InChI=1S/C37H39Cl2N7O4S/c1-25-19-32(45-18-14-41-24-45)28-6-2-8-33(36(28)43-25)50-23-29-30(38)9-10-34(35(29)39)51(48,49)46-15-4-7-31(46)37(47)42-21-26-11-16-44(17-12-26)22-27-5-3-13-40-20-27/h2-3,5-6,8-10,13-14,18-20,24,26,31H,4,7,11-12,15-17,21-23H2,1H3,(H,42,47)/t31-/m0/s1. The van der Waals surface area contributed by atoms with Crippen molar-refractivity contribution in [3.8, 4) is 11.4 Å². The molecule has 2 fully saturated rings. The molecular formula is C37H39Cl2N7O4S. The number of piperidine rings is 1. The van der Waals surface area contributed by atoms with E-state index in [1.165, 1.54) is 22.0 Å². The number of nitrogens with one attached hydrogen (secondary N) is 1. The molecule has 7 rings (SSSR count). The van der Waals surface area contributed by atoms with Crippen LogP contribution in [0.5, 0.6) is 5.75 Å². The number of aryl methyl sites for hydroxylation is 1. The van der Waals surface area contributed by atoms with Gasteiger partial charge in [0.05, 0.1) is 17.0 Å². The number of carbonyl (C=O) groups excluding carboxylic acids is 1.